The smallest absolute Gasteiger partial charge is 0.202 e. The third kappa shape index (κ3) is 2.09. The molecule has 1 aliphatic carbocycles. The normalized spacial score (nSPS) is 27.8. The van der Waals surface area contributed by atoms with Gasteiger partial charge in [0.15, 0.2) is 5.65 Å². The maximum absolute atomic E-state index is 6.16. The molecule has 2 heterocycles. The Bertz CT molecular complexity index is 591. The highest BCUT2D eigenvalue weighted by Crippen LogP contribution is 2.38. The molecule has 0 spiro atoms. The van der Waals surface area contributed by atoms with Crippen molar-refractivity contribution in [1.29, 1.82) is 0 Å². The summed E-state index contributed by atoms with van der Waals surface area (Å²) >= 11 is 0. The second-order valence-corrected chi connectivity index (χ2v) is 6.21. The van der Waals surface area contributed by atoms with Gasteiger partial charge in [-0.15, -0.1) is 0 Å². The molecule has 1 fully saturated rings. The van der Waals surface area contributed by atoms with Crippen LogP contribution in [0.2, 0.25) is 0 Å². The molecule has 19 heavy (non-hydrogen) atoms. The minimum absolute atomic E-state index is 0.443. The standard InChI is InChI=1S/C15H22N4/c1-9-6-10(2)8-12(7-9)19-14-13(18-15(19)16)11(3)4-5-17-14/h4-5,9-10,12H,6-8H2,1-3H3,(H2,16,18). The van der Waals surface area contributed by atoms with Gasteiger partial charge in [0.25, 0.3) is 0 Å². The molecular weight excluding hydrogens is 236 g/mol. The van der Waals surface area contributed by atoms with E-state index in [2.05, 4.69) is 35.3 Å². The largest absolute Gasteiger partial charge is 0.369 e. The Morgan fingerprint density at radius 1 is 1.21 bits per heavy atom. The van der Waals surface area contributed by atoms with Crippen molar-refractivity contribution < 1.29 is 0 Å². The molecule has 2 aromatic heterocycles. The van der Waals surface area contributed by atoms with Crippen molar-refractivity contribution in [2.75, 3.05) is 5.73 Å². The summed E-state index contributed by atoms with van der Waals surface area (Å²) in [4.78, 5) is 9.02. The Labute approximate surface area is 114 Å². The van der Waals surface area contributed by atoms with Crippen LogP contribution in [0.5, 0.6) is 0 Å². The summed E-state index contributed by atoms with van der Waals surface area (Å²) in [7, 11) is 0. The number of nitrogen functional groups attached to an aromatic ring is 1. The van der Waals surface area contributed by atoms with Crippen molar-refractivity contribution in [1.82, 2.24) is 14.5 Å². The summed E-state index contributed by atoms with van der Waals surface area (Å²) < 4.78 is 2.16. The Morgan fingerprint density at radius 3 is 2.58 bits per heavy atom. The Kier molecular flexibility index (Phi) is 2.96. The summed E-state index contributed by atoms with van der Waals surface area (Å²) in [6.45, 7) is 6.72. The lowest BCUT2D eigenvalue weighted by molar-refractivity contribution is 0.226. The fourth-order valence-corrected chi connectivity index (χ4v) is 3.60. The van der Waals surface area contributed by atoms with Crippen LogP contribution in [-0.4, -0.2) is 14.5 Å². The number of imidazole rings is 1. The second-order valence-electron chi connectivity index (χ2n) is 6.21. The first-order valence-corrected chi connectivity index (χ1v) is 7.15. The van der Waals surface area contributed by atoms with E-state index in [1.54, 1.807) is 0 Å². The zero-order valence-corrected chi connectivity index (χ0v) is 11.9. The minimum atomic E-state index is 0.443. The van der Waals surface area contributed by atoms with Crippen molar-refractivity contribution in [3.8, 4) is 0 Å². The van der Waals surface area contributed by atoms with Gasteiger partial charge in [-0.25, -0.2) is 9.97 Å². The van der Waals surface area contributed by atoms with E-state index in [0.29, 0.717) is 12.0 Å². The van der Waals surface area contributed by atoms with Crippen molar-refractivity contribution in [2.24, 2.45) is 11.8 Å². The van der Waals surface area contributed by atoms with Crippen LogP contribution in [0.25, 0.3) is 11.2 Å². The molecule has 2 unspecified atom stereocenters. The first-order valence-electron chi connectivity index (χ1n) is 7.15. The van der Waals surface area contributed by atoms with Gasteiger partial charge in [0, 0.05) is 12.2 Å². The highest BCUT2D eigenvalue weighted by Gasteiger charge is 2.28. The molecule has 1 saturated carbocycles. The third-order valence-electron chi connectivity index (χ3n) is 4.33. The predicted molar refractivity (Wildman–Crippen MR) is 77.9 cm³/mol. The van der Waals surface area contributed by atoms with Gasteiger partial charge in [-0.3, -0.25) is 4.57 Å². The first kappa shape index (κ1) is 12.5. The molecule has 2 aromatic rings. The van der Waals surface area contributed by atoms with E-state index < -0.39 is 0 Å². The molecule has 2 atom stereocenters. The zero-order chi connectivity index (χ0) is 13.6. The summed E-state index contributed by atoms with van der Waals surface area (Å²) in [6, 6.07) is 2.43. The van der Waals surface area contributed by atoms with Gasteiger partial charge in [0.1, 0.15) is 5.52 Å². The average Bonchev–Trinajstić information content (AvgIpc) is 2.65. The van der Waals surface area contributed by atoms with Crippen LogP contribution in [0.3, 0.4) is 0 Å². The van der Waals surface area contributed by atoms with Gasteiger partial charge in [0.2, 0.25) is 5.95 Å². The molecule has 0 amide bonds. The van der Waals surface area contributed by atoms with Crippen LogP contribution in [0.1, 0.15) is 44.7 Å². The second kappa shape index (κ2) is 4.51. The number of nitrogens with zero attached hydrogens (tertiary/aromatic N) is 3. The number of hydrogen-bond acceptors (Lipinski definition) is 3. The van der Waals surface area contributed by atoms with Crippen LogP contribution in [0, 0.1) is 18.8 Å². The highest BCUT2D eigenvalue weighted by molar-refractivity contribution is 5.77. The third-order valence-corrected chi connectivity index (χ3v) is 4.33. The number of aromatic nitrogens is 3. The molecule has 3 rings (SSSR count). The molecular formula is C15H22N4. The number of nitrogens with two attached hydrogens (primary N) is 1. The number of anilines is 1. The van der Waals surface area contributed by atoms with Crippen LogP contribution >= 0.6 is 0 Å². The Hall–Kier alpha value is -1.58. The zero-order valence-electron chi connectivity index (χ0n) is 11.9. The van der Waals surface area contributed by atoms with Gasteiger partial charge >= 0.3 is 0 Å². The topological polar surface area (TPSA) is 56.7 Å². The molecule has 0 bridgehead atoms. The minimum Gasteiger partial charge on any atom is -0.369 e. The van der Waals surface area contributed by atoms with E-state index >= 15 is 0 Å². The molecule has 2 N–H and O–H groups in total. The van der Waals surface area contributed by atoms with Crippen LogP contribution in [-0.2, 0) is 0 Å². The van der Waals surface area contributed by atoms with Crippen LogP contribution < -0.4 is 5.73 Å². The maximum Gasteiger partial charge on any atom is 0.202 e. The Balaban J connectivity index is 2.09. The fraction of sp³-hybridized carbons (Fsp3) is 0.600. The summed E-state index contributed by atoms with van der Waals surface area (Å²) in [5.74, 6) is 2.11. The van der Waals surface area contributed by atoms with E-state index in [-0.39, 0.29) is 0 Å². The number of pyridine rings is 1. The molecule has 0 aliphatic heterocycles. The molecule has 0 aromatic carbocycles. The van der Waals surface area contributed by atoms with Crippen LogP contribution in [0.4, 0.5) is 5.95 Å². The Morgan fingerprint density at radius 2 is 1.89 bits per heavy atom. The lowest BCUT2D eigenvalue weighted by atomic mass is 9.80. The fourth-order valence-electron chi connectivity index (χ4n) is 3.60. The van der Waals surface area contributed by atoms with E-state index in [0.717, 1.165) is 28.6 Å². The van der Waals surface area contributed by atoms with E-state index in [1.807, 2.05) is 12.3 Å². The van der Waals surface area contributed by atoms with Crippen molar-refractivity contribution >= 4 is 17.1 Å². The molecule has 0 saturated heterocycles. The lowest BCUT2D eigenvalue weighted by Crippen LogP contribution is -2.23. The predicted octanol–water partition coefficient (Wildman–Crippen LogP) is 3.32. The molecule has 4 nitrogen and oxygen atoms in total. The SMILES string of the molecule is Cc1ccnc2c1nc(N)n2C1CC(C)CC(C)C1. The maximum atomic E-state index is 6.16. The molecule has 1 aliphatic rings. The van der Waals surface area contributed by atoms with Crippen molar-refractivity contribution in [3.63, 3.8) is 0 Å². The van der Waals surface area contributed by atoms with Gasteiger partial charge in [-0.1, -0.05) is 13.8 Å². The summed E-state index contributed by atoms with van der Waals surface area (Å²) in [5.41, 5.74) is 9.20. The van der Waals surface area contributed by atoms with E-state index in [4.69, 9.17) is 5.73 Å². The molecule has 4 heteroatoms. The van der Waals surface area contributed by atoms with Crippen molar-refractivity contribution in [2.45, 2.75) is 46.1 Å². The van der Waals surface area contributed by atoms with Gasteiger partial charge in [-0.05, 0) is 49.7 Å². The average molecular weight is 258 g/mol. The van der Waals surface area contributed by atoms with Crippen LogP contribution in [0.15, 0.2) is 12.3 Å². The number of rotatable bonds is 1. The first-order chi connectivity index (χ1) is 9.06. The van der Waals surface area contributed by atoms with E-state index in [1.165, 1.54) is 19.3 Å². The monoisotopic (exact) mass is 258 g/mol. The van der Waals surface area contributed by atoms with Crippen molar-refractivity contribution in [3.05, 3.63) is 17.8 Å². The molecule has 102 valence electrons. The summed E-state index contributed by atoms with van der Waals surface area (Å²) in [6.07, 6.45) is 5.52. The number of fused-ring (bicyclic) bond motifs is 1. The lowest BCUT2D eigenvalue weighted by Gasteiger charge is -2.32. The van der Waals surface area contributed by atoms with E-state index in [9.17, 15) is 0 Å². The quantitative estimate of drug-likeness (QED) is 0.853. The highest BCUT2D eigenvalue weighted by atomic mass is 15.2. The molecule has 0 radical (unpaired) electrons. The van der Waals surface area contributed by atoms with Gasteiger partial charge in [-0.2, -0.15) is 0 Å². The van der Waals surface area contributed by atoms with Gasteiger partial charge < -0.3 is 5.73 Å². The number of aryl methyl sites for hydroxylation is 1. The number of hydrogen-bond donors (Lipinski definition) is 1. The van der Waals surface area contributed by atoms with Gasteiger partial charge in [0.05, 0.1) is 0 Å². The summed E-state index contributed by atoms with van der Waals surface area (Å²) in [5, 5.41) is 0.